The number of hydrogen-bond donors (Lipinski definition) is 2. The molecule has 0 heterocycles. The number of rotatable bonds is 5. The third kappa shape index (κ3) is 4.13. The second-order valence-corrected chi connectivity index (χ2v) is 2.95. The summed E-state index contributed by atoms with van der Waals surface area (Å²) in [4.78, 5) is 11.2. The number of carbonyl (C=O) groups excluding carboxylic acids is 1. The molecule has 0 aliphatic heterocycles. The average molecular weight is 170 g/mol. The molecule has 0 aromatic rings. The molecular formula is C9H18N2O. The fourth-order valence-corrected chi connectivity index (χ4v) is 0.844. The smallest absolute Gasteiger partial charge is 0.237 e. The fourth-order valence-electron chi connectivity index (χ4n) is 0.844. The van der Waals surface area contributed by atoms with Crippen molar-refractivity contribution in [2.75, 3.05) is 0 Å². The summed E-state index contributed by atoms with van der Waals surface area (Å²) in [6.45, 7) is 7.41. The van der Waals surface area contributed by atoms with Crippen molar-refractivity contribution in [3.63, 3.8) is 0 Å². The molecule has 70 valence electrons. The highest BCUT2D eigenvalue weighted by atomic mass is 16.2. The summed E-state index contributed by atoms with van der Waals surface area (Å²) in [7, 11) is 0. The summed E-state index contributed by atoms with van der Waals surface area (Å²) in [5.41, 5.74) is 5.52. The van der Waals surface area contributed by atoms with Crippen LogP contribution in [0.3, 0.4) is 0 Å². The van der Waals surface area contributed by atoms with Gasteiger partial charge in [-0.15, -0.1) is 6.58 Å². The Balaban J connectivity index is 3.75. The van der Waals surface area contributed by atoms with E-state index in [1.807, 2.05) is 13.8 Å². The molecule has 0 rings (SSSR count). The second kappa shape index (κ2) is 5.77. The lowest BCUT2D eigenvalue weighted by Crippen LogP contribution is -2.43. The van der Waals surface area contributed by atoms with Crippen molar-refractivity contribution >= 4 is 5.91 Å². The van der Waals surface area contributed by atoms with E-state index in [0.29, 0.717) is 6.42 Å². The maximum Gasteiger partial charge on any atom is 0.237 e. The topological polar surface area (TPSA) is 55.1 Å². The van der Waals surface area contributed by atoms with Crippen LogP contribution in [0.15, 0.2) is 12.7 Å². The molecule has 0 spiro atoms. The molecule has 3 nitrogen and oxygen atoms in total. The van der Waals surface area contributed by atoms with Crippen LogP contribution in [0.25, 0.3) is 0 Å². The van der Waals surface area contributed by atoms with E-state index in [9.17, 15) is 4.79 Å². The summed E-state index contributed by atoms with van der Waals surface area (Å²) < 4.78 is 0. The first-order valence-corrected chi connectivity index (χ1v) is 4.28. The van der Waals surface area contributed by atoms with Crippen molar-refractivity contribution in [3.05, 3.63) is 12.7 Å². The molecule has 0 fully saturated rings. The van der Waals surface area contributed by atoms with Gasteiger partial charge < -0.3 is 11.1 Å². The monoisotopic (exact) mass is 170 g/mol. The Morgan fingerprint density at radius 2 is 2.33 bits per heavy atom. The summed E-state index contributed by atoms with van der Waals surface area (Å²) >= 11 is 0. The molecule has 0 saturated heterocycles. The van der Waals surface area contributed by atoms with Crippen LogP contribution in [0, 0.1) is 0 Å². The Labute approximate surface area is 74.0 Å². The molecule has 3 N–H and O–H groups in total. The minimum absolute atomic E-state index is 0.0770. The lowest BCUT2D eigenvalue weighted by atomic mass is 10.2. The van der Waals surface area contributed by atoms with E-state index in [1.165, 1.54) is 0 Å². The zero-order valence-corrected chi connectivity index (χ0v) is 7.84. The van der Waals surface area contributed by atoms with Gasteiger partial charge in [0.25, 0.3) is 0 Å². The predicted molar refractivity (Wildman–Crippen MR) is 50.7 cm³/mol. The summed E-state index contributed by atoms with van der Waals surface area (Å²) in [5.74, 6) is -0.0770. The van der Waals surface area contributed by atoms with Crippen LogP contribution in [0.5, 0.6) is 0 Å². The van der Waals surface area contributed by atoms with Gasteiger partial charge in [-0.2, -0.15) is 0 Å². The first kappa shape index (κ1) is 11.2. The van der Waals surface area contributed by atoms with Crippen molar-refractivity contribution in [2.45, 2.75) is 38.8 Å². The lowest BCUT2D eigenvalue weighted by molar-refractivity contribution is -0.122. The molecular weight excluding hydrogens is 152 g/mol. The lowest BCUT2D eigenvalue weighted by Gasteiger charge is -2.14. The minimum Gasteiger partial charge on any atom is -0.352 e. The Morgan fingerprint density at radius 1 is 1.75 bits per heavy atom. The molecule has 1 unspecified atom stereocenters. The van der Waals surface area contributed by atoms with Gasteiger partial charge in [-0.1, -0.05) is 13.0 Å². The molecule has 0 bridgehead atoms. The third-order valence-corrected chi connectivity index (χ3v) is 1.69. The molecule has 0 aromatic carbocycles. The van der Waals surface area contributed by atoms with Crippen LogP contribution in [0.4, 0.5) is 0 Å². The third-order valence-electron chi connectivity index (χ3n) is 1.69. The Kier molecular flexibility index (Phi) is 5.37. The number of nitrogens with two attached hydrogens (primary N) is 1. The largest absolute Gasteiger partial charge is 0.352 e. The van der Waals surface area contributed by atoms with Gasteiger partial charge in [0.2, 0.25) is 5.91 Å². The highest BCUT2D eigenvalue weighted by Crippen LogP contribution is 1.93. The fraction of sp³-hybridized carbons (Fsp3) is 0.667. The Bertz CT molecular complexity index is 157. The van der Waals surface area contributed by atoms with E-state index in [2.05, 4.69) is 11.9 Å². The first-order valence-electron chi connectivity index (χ1n) is 4.28. The maximum atomic E-state index is 11.2. The quantitative estimate of drug-likeness (QED) is 0.600. The van der Waals surface area contributed by atoms with E-state index in [-0.39, 0.29) is 18.0 Å². The number of amides is 1. The van der Waals surface area contributed by atoms with Gasteiger partial charge in [-0.05, 0) is 19.8 Å². The second-order valence-electron chi connectivity index (χ2n) is 2.95. The van der Waals surface area contributed by atoms with Gasteiger partial charge in [-0.25, -0.2) is 0 Å². The molecule has 0 aliphatic rings. The molecule has 0 aromatic heterocycles. The number of nitrogens with one attached hydrogen (secondary N) is 1. The molecule has 0 saturated carbocycles. The Morgan fingerprint density at radius 3 is 2.75 bits per heavy atom. The van der Waals surface area contributed by atoms with Crippen molar-refractivity contribution in [1.29, 1.82) is 0 Å². The molecule has 0 aliphatic carbocycles. The molecule has 2 atom stereocenters. The first-order chi connectivity index (χ1) is 5.61. The molecule has 1 amide bonds. The van der Waals surface area contributed by atoms with Crippen molar-refractivity contribution in [2.24, 2.45) is 5.73 Å². The van der Waals surface area contributed by atoms with Crippen LogP contribution in [-0.2, 0) is 4.79 Å². The van der Waals surface area contributed by atoms with Gasteiger partial charge in [0.05, 0.1) is 6.04 Å². The van der Waals surface area contributed by atoms with E-state index >= 15 is 0 Å². The zero-order chi connectivity index (χ0) is 9.56. The van der Waals surface area contributed by atoms with E-state index in [0.717, 1.165) is 6.42 Å². The SMILES string of the molecule is C=CCC(C)NC(=O)[C@@H](N)CC. The Hall–Kier alpha value is -0.830. The van der Waals surface area contributed by atoms with Crippen LogP contribution in [0.2, 0.25) is 0 Å². The zero-order valence-electron chi connectivity index (χ0n) is 7.84. The van der Waals surface area contributed by atoms with Crippen LogP contribution >= 0.6 is 0 Å². The van der Waals surface area contributed by atoms with Crippen molar-refractivity contribution in [3.8, 4) is 0 Å². The van der Waals surface area contributed by atoms with Crippen LogP contribution < -0.4 is 11.1 Å². The molecule has 12 heavy (non-hydrogen) atoms. The maximum absolute atomic E-state index is 11.2. The number of carbonyl (C=O) groups is 1. The minimum atomic E-state index is -0.378. The van der Waals surface area contributed by atoms with Gasteiger partial charge in [0.15, 0.2) is 0 Å². The van der Waals surface area contributed by atoms with Crippen molar-refractivity contribution < 1.29 is 4.79 Å². The number of hydrogen-bond acceptors (Lipinski definition) is 2. The average Bonchev–Trinajstić information content (AvgIpc) is 2.03. The van der Waals surface area contributed by atoms with E-state index < -0.39 is 0 Å². The van der Waals surface area contributed by atoms with E-state index in [1.54, 1.807) is 6.08 Å². The van der Waals surface area contributed by atoms with Gasteiger partial charge >= 0.3 is 0 Å². The highest BCUT2D eigenvalue weighted by Gasteiger charge is 2.12. The normalized spacial score (nSPS) is 14.9. The van der Waals surface area contributed by atoms with Gasteiger partial charge in [-0.3, -0.25) is 4.79 Å². The van der Waals surface area contributed by atoms with Crippen LogP contribution in [-0.4, -0.2) is 18.0 Å². The summed E-state index contributed by atoms with van der Waals surface area (Å²) in [6.07, 6.45) is 3.23. The van der Waals surface area contributed by atoms with Gasteiger partial charge in [0.1, 0.15) is 0 Å². The van der Waals surface area contributed by atoms with Crippen molar-refractivity contribution in [1.82, 2.24) is 5.32 Å². The molecule has 0 radical (unpaired) electrons. The van der Waals surface area contributed by atoms with Crippen LogP contribution in [0.1, 0.15) is 26.7 Å². The van der Waals surface area contributed by atoms with E-state index in [4.69, 9.17) is 5.73 Å². The standard InChI is InChI=1S/C9H18N2O/c1-4-6-7(3)11-9(12)8(10)5-2/h4,7-8H,1,5-6,10H2,2-3H3,(H,11,12)/t7?,8-/m0/s1. The predicted octanol–water partition coefficient (Wildman–Crippen LogP) is 0.804. The summed E-state index contributed by atoms with van der Waals surface area (Å²) in [5, 5.41) is 2.80. The summed E-state index contributed by atoms with van der Waals surface area (Å²) in [6, 6.07) is -0.245. The molecule has 3 heteroatoms. The van der Waals surface area contributed by atoms with Gasteiger partial charge in [0, 0.05) is 6.04 Å². The highest BCUT2D eigenvalue weighted by molar-refractivity contribution is 5.81.